The molecule has 1 radical (unpaired) electrons. The normalized spacial score (nSPS) is 11.7. The van der Waals surface area contributed by atoms with Crippen LogP contribution in [0.4, 0.5) is 0 Å². The summed E-state index contributed by atoms with van der Waals surface area (Å²) in [5.74, 6) is 3.86. The molecule has 0 saturated carbocycles. The smallest absolute Gasteiger partial charge is 0.0344 e. The molecule has 0 bridgehead atoms. The molecule has 0 aromatic heterocycles. The predicted molar refractivity (Wildman–Crippen MR) is 329 cm³/mol. The third kappa shape index (κ3) is 47.9. The average molecular weight is 1030 g/mol. The van der Waals surface area contributed by atoms with Gasteiger partial charge in [-0.3, -0.25) is 0 Å². The zero-order valence-corrected chi connectivity index (χ0v) is 50.8. The molecule has 0 amide bonds. The molecule has 0 saturated heterocycles. The van der Waals surface area contributed by atoms with Crippen molar-refractivity contribution in [2.75, 3.05) is 17.3 Å². The minimum atomic E-state index is 1.04. The van der Waals surface area contributed by atoms with E-state index < -0.39 is 0 Å². The van der Waals surface area contributed by atoms with Gasteiger partial charge < -0.3 is 0 Å². The molecule has 0 aliphatic heterocycles. The van der Waals surface area contributed by atoms with E-state index in [0.29, 0.717) is 0 Å². The lowest BCUT2D eigenvalue weighted by Gasteiger charge is -2.17. The molecule has 0 atom stereocenters. The Morgan fingerprint density at radius 1 is 0.257 bits per heavy atom. The SMILES string of the molecule is [CH2]CCCc1cc(SCCCCCCCCCCCCCCCCCCC)c(SCCCCCCCCCCCCCCCCCCC)c(SCCCCCCCCCCCCCCCCCCC)c1. The first-order valence-electron chi connectivity index (χ1n) is 32.6. The molecule has 0 aliphatic carbocycles. The molecular formula is C67H127S3. The highest BCUT2D eigenvalue weighted by Crippen LogP contribution is 2.41. The maximum Gasteiger partial charge on any atom is 0.0344 e. The summed E-state index contributed by atoms with van der Waals surface area (Å²) in [6.45, 7) is 11.2. The van der Waals surface area contributed by atoms with Crippen molar-refractivity contribution in [1.29, 1.82) is 0 Å². The van der Waals surface area contributed by atoms with Gasteiger partial charge in [-0.25, -0.2) is 0 Å². The van der Waals surface area contributed by atoms with E-state index >= 15 is 0 Å². The van der Waals surface area contributed by atoms with Gasteiger partial charge in [0.25, 0.3) is 0 Å². The molecular weight excluding hydrogens is 901 g/mol. The van der Waals surface area contributed by atoms with Gasteiger partial charge >= 0.3 is 0 Å². The van der Waals surface area contributed by atoms with Gasteiger partial charge in [0, 0.05) is 14.7 Å². The van der Waals surface area contributed by atoms with Crippen LogP contribution in [0.25, 0.3) is 0 Å². The van der Waals surface area contributed by atoms with Crippen molar-refractivity contribution in [2.45, 2.75) is 382 Å². The Morgan fingerprint density at radius 3 is 0.671 bits per heavy atom. The fraction of sp³-hybridized carbons (Fsp3) is 0.896. The molecule has 70 heavy (non-hydrogen) atoms. The van der Waals surface area contributed by atoms with Gasteiger partial charge in [-0.2, -0.15) is 0 Å². The minimum absolute atomic E-state index is 1.04. The second-order valence-corrected chi connectivity index (χ2v) is 25.8. The van der Waals surface area contributed by atoms with Crippen LogP contribution in [0.1, 0.15) is 367 Å². The van der Waals surface area contributed by atoms with Gasteiger partial charge in [-0.15, -0.1) is 35.3 Å². The van der Waals surface area contributed by atoms with Crippen LogP contribution in [0.3, 0.4) is 0 Å². The summed E-state index contributed by atoms with van der Waals surface area (Å²) < 4.78 is 0. The predicted octanol–water partition coefficient (Wildman–Crippen LogP) is 26.1. The summed E-state index contributed by atoms with van der Waals surface area (Å²) in [5, 5.41) is 0. The third-order valence-corrected chi connectivity index (χ3v) is 19.0. The summed E-state index contributed by atoms with van der Waals surface area (Å²) in [5.41, 5.74) is 1.57. The Labute approximate surface area is 456 Å². The molecule has 1 aromatic rings. The van der Waals surface area contributed by atoms with E-state index in [1.54, 1.807) is 20.2 Å². The molecule has 0 fully saturated rings. The number of benzene rings is 1. The van der Waals surface area contributed by atoms with Crippen molar-refractivity contribution in [3.8, 4) is 0 Å². The molecule has 3 heteroatoms. The van der Waals surface area contributed by atoms with Gasteiger partial charge in [0.1, 0.15) is 0 Å². The highest BCUT2D eigenvalue weighted by atomic mass is 32.2. The molecule has 1 rings (SSSR count). The topological polar surface area (TPSA) is 0 Å². The quantitative estimate of drug-likeness (QED) is 0.0471. The summed E-state index contributed by atoms with van der Waals surface area (Å²) in [6, 6.07) is 5.23. The molecule has 1 aromatic carbocycles. The van der Waals surface area contributed by atoms with Crippen molar-refractivity contribution in [3.63, 3.8) is 0 Å². The first kappa shape index (κ1) is 68.3. The van der Waals surface area contributed by atoms with Crippen molar-refractivity contribution in [1.82, 2.24) is 0 Å². The van der Waals surface area contributed by atoms with Crippen LogP contribution in [0.5, 0.6) is 0 Å². The fourth-order valence-corrected chi connectivity index (χ4v) is 14.3. The lowest BCUT2D eigenvalue weighted by Crippen LogP contribution is -1.95. The molecule has 0 N–H and O–H groups in total. The van der Waals surface area contributed by atoms with Crippen LogP contribution in [-0.4, -0.2) is 17.3 Å². The zero-order valence-electron chi connectivity index (χ0n) is 48.4. The Bertz CT molecular complexity index is 1070. The van der Waals surface area contributed by atoms with E-state index in [1.165, 1.54) is 358 Å². The second-order valence-electron chi connectivity index (χ2n) is 22.4. The summed E-state index contributed by atoms with van der Waals surface area (Å²) >= 11 is 6.62. The number of thioether (sulfide) groups is 3. The van der Waals surface area contributed by atoms with Gasteiger partial charge in [0.2, 0.25) is 0 Å². The van der Waals surface area contributed by atoms with E-state index in [9.17, 15) is 0 Å². The maximum absolute atomic E-state index is 4.22. The average Bonchev–Trinajstić information content (AvgIpc) is 3.37. The van der Waals surface area contributed by atoms with Gasteiger partial charge in [0.15, 0.2) is 0 Å². The highest BCUT2D eigenvalue weighted by molar-refractivity contribution is 8.03. The molecule has 0 heterocycles. The first-order chi connectivity index (χ1) is 34.8. The summed E-state index contributed by atoms with van der Waals surface area (Å²) in [6.07, 6.45) is 77.3. The van der Waals surface area contributed by atoms with Gasteiger partial charge in [-0.1, -0.05) is 342 Å². The molecule has 0 spiro atoms. The monoisotopic (exact) mass is 1030 g/mol. The zero-order chi connectivity index (χ0) is 50.2. The first-order valence-corrected chi connectivity index (χ1v) is 35.6. The Hall–Kier alpha value is 0.270. The van der Waals surface area contributed by atoms with Crippen LogP contribution in [-0.2, 0) is 6.42 Å². The third-order valence-electron chi connectivity index (χ3n) is 15.3. The standard InChI is InChI=1S/C67H127S3/c1-5-9-13-16-19-22-25-28-31-34-37-40-43-46-49-52-55-59-68-65-62-64(58-12-8-4)63-66(69-60-56-53-50-47-44-41-38-35-32-29-26-23-20-17-14-10-6-2)67(65)70-61-57-54-51-48-45-42-39-36-33-30-27-24-21-18-15-11-7-3/h62-63H,4-61H2,1-3H3. The number of aryl methyl sites for hydroxylation is 1. The van der Waals surface area contributed by atoms with Crippen LogP contribution in [0.15, 0.2) is 26.8 Å². The van der Waals surface area contributed by atoms with Crippen molar-refractivity contribution in [3.05, 3.63) is 24.6 Å². The summed E-state index contributed by atoms with van der Waals surface area (Å²) in [7, 11) is 0. The second kappa shape index (κ2) is 58.5. The Kier molecular flexibility index (Phi) is 57.1. The van der Waals surface area contributed by atoms with Gasteiger partial charge in [0.05, 0.1) is 0 Å². The molecule has 413 valence electrons. The van der Waals surface area contributed by atoms with Crippen LogP contribution in [0.2, 0.25) is 0 Å². The van der Waals surface area contributed by atoms with E-state index in [2.05, 4.69) is 75.1 Å². The highest BCUT2D eigenvalue weighted by Gasteiger charge is 2.14. The van der Waals surface area contributed by atoms with Crippen molar-refractivity contribution >= 4 is 35.3 Å². The largest absolute Gasteiger partial charge is 0.125 e. The Balaban J connectivity index is 2.48. The van der Waals surface area contributed by atoms with E-state index in [-0.39, 0.29) is 0 Å². The van der Waals surface area contributed by atoms with Gasteiger partial charge in [-0.05, 0) is 67.1 Å². The molecule has 0 nitrogen and oxygen atoms in total. The van der Waals surface area contributed by atoms with Crippen molar-refractivity contribution < 1.29 is 0 Å². The van der Waals surface area contributed by atoms with E-state index in [1.807, 2.05) is 0 Å². The fourth-order valence-electron chi connectivity index (χ4n) is 10.5. The minimum Gasteiger partial charge on any atom is -0.125 e. The number of unbranched alkanes of at least 4 members (excludes halogenated alkanes) is 49. The molecule has 0 aliphatic rings. The summed E-state index contributed by atoms with van der Waals surface area (Å²) in [4.78, 5) is 4.86. The van der Waals surface area contributed by atoms with E-state index in [0.717, 1.165) is 6.42 Å². The lowest BCUT2D eigenvalue weighted by atomic mass is 10.0. The van der Waals surface area contributed by atoms with E-state index in [4.69, 9.17) is 0 Å². The van der Waals surface area contributed by atoms with Crippen LogP contribution >= 0.6 is 35.3 Å². The Morgan fingerprint density at radius 2 is 0.457 bits per heavy atom. The van der Waals surface area contributed by atoms with Crippen LogP contribution < -0.4 is 0 Å². The number of rotatable bonds is 60. The number of hydrogen-bond donors (Lipinski definition) is 0. The number of hydrogen-bond acceptors (Lipinski definition) is 3. The lowest BCUT2D eigenvalue weighted by molar-refractivity contribution is 0.529. The van der Waals surface area contributed by atoms with Crippen LogP contribution in [0, 0.1) is 6.92 Å². The van der Waals surface area contributed by atoms with Crippen molar-refractivity contribution in [2.24, 2.45) is 0 Å². The maximum atomic E-state index is 4.22. The molecule has 0 unspecified atom stereocenters.